The maximum atomic E-state index is 6.05. The average Bonchev–Trinajstić information content (AvgIpc) is 2.97. The summed E-state index contributed by atoms with van der Waals surface area (Å²) in [6.45, 7) is 6.16. The standard InChI is InChI=1S/C12H18N4OS/c1-4-7(2)11(13)12-15-10(16-17-12)5-9-6-18-8(3)14-9/h6-7,11H,4-5,13H2,1-3H3/t7?,11-/m0/s1. The number of aryl methyl sites for hydroxylation is 1. The first-order valence-corrected chi connectivity index (χ1v) is 6.97. The Morgan fingerprint density at radius 2 is 2.22 bits per heavy atom. The summed E-state index contributed by atoms with van der Waals surface area (Å²) in [6, 6.07) is -0.187. The van der Waals surface area contributed by atoms with Gasteiger partial charge in [0, 0.05) is 5.38 Å². The molecule has 2 atom stereocenters. The monoisotopic (exact) mass is 266 g/mol. The Hall–Kier alpha value is -1.27. The third kappa shape index (κ3) is 2.94. The number of hydrogen-bond acceptors (Lipinski definition) is 6. The van der Waals surface area contributed by atoms with Crippen molar-refractivity contribution in [3.63, 3.8) is 0 Å². The first-order valence-electron chi connectivity index (χ1n) is 6.09. The molecule has 0 saturated carbocycles. The van der Waals surface area contributed by atoms with Crippen LogP contribution in [0.15, 0.2) is 9.90 Å². The molecule has 1 unspecified atom stereocenters. The molecule has 0 spiro atoms. The van der Waals surface area contributed by atoms with Crippen LogP contribution in [0.1, 0.15) is 48.7 Å². The zero-order valence-electron chi connectivity index (χ0n) is 10.9. The van der Waals surface area contributed by atoms with E-state index >= 15 is 0 Å². The normalized spacial score (nSPS) is 14.7. The second-order valence-corrected chi connectivity index (χ2v) is 5.56. The molecular weight excluding hydrogens is 248 g/mol. The summed E-state index contributed by atoms with van der Waals surface area (Å²) in [6.07, 6.45) is 1.59. The summed E-state index contributed by atoms with van der Waals surface area (Å²) in [5, 5.41) is 7.02. The van der Waals surface area contributed by atoms with Gasteiger partial charge in [-0.25, -0.2) is 4.98 Å². The van der Waals surface area contributed by atoms with Crippen LogP contribution in [0.5, 0.6) is 0 Å². The fourth-order valence-electron chi connectivity index (χ4n) is 1.62. The average molecular weight is 266 g/mol. The van der Waals surface area contributed by atoms with Crippen molar-refractivity contribution < 1.29 is 4.52 Å². The highest BCUT2D eigenvalue weighted by Gasteiger charge is 2.20. The van der Waals surface area contributed by atoms with E-state index in [1.54, 1.807) is 11.3 Å². The molecule has 2 rings (SSSR count). The molecule has 0 radical (unpaired) electrons. The smallest absolute Gasteiger partial charge is 0.243 e. The second-order valence-electron chi connectivity index (χ2n) is 4.49. The van der Waals surface area contributed by atoms with E-state index in [9.17, 15) is 0 Å². The highest BCUT2D eigenvalue weighted by molar-refractivity contribution is 7.09. The molecule has 5 nitrogen and oxygen atoms in total. The van der Waals surface area contributed by atoms with E-state index in [4.69, 9.17) is 10.3 Å². The van der Waals surface area contributed by atoms with Gasteiger partial charge in [-0.05, 0) is 12.8 Å². The SMILES string of the molecule is CCC(C)[C@H](N)c1nc(Cc2csc(C)n2)no1. The van der Waals surface area contributed by atoms with Gasteiger partial charge in [-0.2, -0.15) is 4.98 Å². The summed E-state index contributed by atoms with van der Waals surface area (Å²) in [5.41, 5.74) is 7.02. The Bertz CT molecular complexity index is 508. The molecule has 0 saturated heterocycles. The number of nitrogens with zero attached hydrogens (tertiary/aromatic N) is 3. The lowest BCUT2D eigenvalue weighted by Gasteiger charge is -2.12. The van der Waals surface area contributed by atoms with E-state index in [1.165, 1.54) is 0 Å². The molecule has 2 heterocycles. The number of thiazole rings is 1. The molecule has 0 aliphatic rings. The van der Waals surface area contributed by atoms with Crippen molar-refractivity contribution >= 4 is 11.3 Å². The molecular formula is C12H18N4OS. The third-order valence-corrected chi connectivity index (χ3v) is 3.85. The van der Waals surface area contributed by atoms with Gasteiger partial charge >= 0.3 is 0 Å². The van der Waals surface area contributed by atoms with Crippen LogP contribution in [-0.2, 0) is 6.42 Å². The Balaban J connectivity index is 2.06. The first-order chi connectivity index (χ1) is 8.60. The highest BCUT2D eigenvalue weighted by Crippen LogP contribution is 2.20. The van der Waals surface area contributed by atoms with Gasteiger partial charge in [-0.1, -0.05) is 25.4 Å². The quantitative estimate of drug-likeness (QED) is 0.899. The number of nitrogens with two attached hydrogens (primary N) is 1. The molecule has 18 heavy (non-hydrogen) atoms. The van der Waals surface area contributed by atoms with Crippen LogP contribution in [0.4, 0.5) is 0 Å². The molecule has 0 amide bonds. The van der Waals surface area contributed by atoms with Crippen LogP contribution < -0.4 is 5.73 Å². The van der Waals surface area contributed by atoms with E-state index in [2.05, 4.69) is 29.0 Å². The molecule has 2 N–H and O–H groups in total. The summed E-state index contributed by atoms with van der Waals surface area (Å²) in [4.78, 5) is 8.72. The molecule has 0 bridgehead atoms. The molecule has 0 aromatic carbocycles. The maximum absolute atomic E-state index is 6.05. The molecule has 98 valence electrons. The van der Waals surface area contributed by atoms with E-state index in [0.29, 0.717) is 24.1 Å². The molecule has 2 aromatic heterocycles. The first kappa shape index (κ1) is 13.2. The highest BCUT2D eigenvalue weighted by atomic mass is 32.1. The minimum atomic E-state index is -0.187. The van der Waals surface area contributed by atoms with E-state index < -0.39 is 0 Å². The van der Waals surface area contributed by atoms with Gasteiger partial charge in [0.2, 0.25) is 5.89 Å². The molecule has 0 aliphatic carbocycles. The lowest BCUT2D eigenvalue weighted by atomic mass is 10.0. The molecule has 2 aromatic rings. The lowest BCUT2D eigenvalue weighted by molar-refractivity contribution is 0.310. The molecule has 0 fully saturated rings. The summed E-state index contributed by atoms with van der Waals surface area (Å²) in [5.74, 6) is 1.50. The Kier molecular flexibility index (Phi) is 4.08. The van der Waals surface area contributed by atoms with E-state index in [-0.39, 0.29) is 6.04 Å². The minimum Gasteiger partial charge on any atom is -0.338 e. The topological polar surface area (TPSA) is 77.8 Å². The van der Waals surface area contributed by atoms with Gasteiger partial charge in [0.05, 0.1) is 23.2 Å². The van der Waals surface area contributed by atoms with Crippen molar-refractivity contribution in [3.8, 4) is 0 Å². The van der Waals surface area contributed by atoms with Crippen LogP contribution in [0.2, 0.25) is 0 Å². The van der Waals surface area contributed by atoms with Crippen molar-refractivity contribution in [2.24, 2.45) is 11.7 Å². The predicted molar refractivity (Wildman–Crippen MR) is 70.3 cm³/mol. The lowest BCUT2D eigenvalue weighted by Crippen LogP contribution is -2.18. The fraction of sp³-hybridized carbons (Fsp3) is 0.583. The zero-order chi connectivity index (χ0) is 13.1. The van der Waals surface area contributed by atoms with Crippen molar-refractivity contribution in [2.75, 3.05) is 0 Å². The van der Waals surface area contributed by atoms with Gasteiger partial charge in [0.25, 0.3) is 0 Å². The van der Waals surface area contributed by atoms with E-state index in [1.807, 2.05) is 12.3 Å². The minimum absolute atomic E-state index is 0.187. The van der Waals surface area contributed by atoms with Gasteiger partial charge in [0.15, 0.2) is 5.82 Å². The van der Waals surface area contributed by atoms with Crippen molar-refractivity contribution in [2.45, 2.75) is 39.7 Å². The van der Waals surface area contributed by atoms with Gasteiger partial charge in [-0.3, -0.25) is 0 Å². The van der Waals surface area contributed by atoms with Gasteiger partial charge in [0.1, 0.15) is 0 Å². The van der Waals surface area contributed by atoms with Gasteiger partial charge in [-0.15, -0.1) is 11.3 Å². The number of aromatic nitrogens is 3. The van der Waals surface area contributed by atoms with Crippen LogP contribution in [0, 0.1) is 12.8 Å². The summed E-state index contributed by atoms with van der Waals surface area (Å²) < 4.78 is 5.22. The second kappa shape index (κ2) is 5.58. The fourth-order valence-corrected chi connectivity index (χ4v) is 2.24. The van der Waals surface area contributed by atoms with Crippen LogP contribution in [0.3, 0.4) is 0 Å². The summed E-state index contributed by atoms with van der Waals surface area (Å²) >= 11 is 1.62. The zero-order valence-corrected chi connectivity index (χ0v) is 11.7. The van der Waals surface area contributed by atoms with Gasteiger partial charge < -0.3 is 10.3 Å². The Labute approximate surface area is 110 Å². The Morgan fingerprint density at radius 1 is 1.44 bits per heavy atom. The van der Waals surface area contributed by atoms with Crippen LogP contribution >= 0.6 is 11.3 Å². The maximum Gasteiger partial charge on any atom is 0.243 e. The molecule has 0 aliphatic heterocycles. The molecule has 6 heteroatoms. The number of rotatable bonds is 5. The van der Waals surface area contributed by atoms with Crippen LogP contribution in [-0.4, -0.2) is 15.1 Å². The summed E-state index contributed by atoms with van der Waals surface area (Å²) in [7, 11) is 0. The third-order valence-electron chi connectivity index (χ3n) is 3.03. The van der Waals surface area contributed by atoms with E-state index in [0.717, 1.165) is 17.1 Å². The largest absolute Gasteiger partial charge is 0.338 e. The van der Waals surface area contributed by atoms with Crippen LogP contribution in [0.25, 0.3) is 0 Å². The predicted octanol–water partition coefficient (Wildman–Crippen LogP) is 2.47. The van der Waals surface area contributed by atoms with Crippen molar-refractivity contribution in [1.29, 1.82) is 0 Å². The van der Waals surface area contributed by atoms with Crippen molar-refractivity contribution in [1.82, 2.24) is 15.1 Å². The number of hydrogen-bond donors (Lipinski definition) is 1. The Morgan fingerprint density at radius 3 is 2.83 bits per heavy atom. The van der Waals surface area contributed by atoms with Crippen molar-refractivity contribution in [3.05, 3.63) is 27.8 Å².